The number of hydrogen-bond donors (Lipinski definition) is 1. The van der Waals surface area contributed by atoms with E-state index in [9.17, 15) is 4.79 Å². The maximum atomic E-state index is 12.7. The maximum absolute atomic E-state index is 12.7. The van der Waals surface area contributed by atoms with Crippen molar-refractivity contribution in [2.45, 2.75) is 58.9 Å². The highest BCUT2D eigenvalue weighted by Crippen LogP contribution is 2.33. The molecule has 1 aromatic carbocycles. The van der Waals surface area contributed by atoms with Gasteiger partial charge in [0.15, 0.2) is 0 Å². The van der Waals surface area contributed by atoms with Crippen LogP contribution in [0.2, 0.25) is 0 Å². The van der Waals surface area contributed by atoms with Gasteiger partial charge in [-0.05, 0) is 57.2 Å². The van der Waals surface area contributed by atoms with E-state index in [0.29, 0.717) is 18.4 Å². The number of hydrogen-bond acceptors (Lipinski definition) is 2. The molecule has 1 N–H and O–H groups in total. The van der Waals surface area contributed by atoms with Crippen LogP contribution in [0.5, 0.6) is 0 Å². The number of H-pyrrole nitrogens is 1. The molecule has 1 fully saturated rings. The first-order chi connectivity index (χ1) is 11.5. The number of aromatic nitrogens is 2. The molecule has 0 spiro atoms. The summed E-state index contributed by atoms with van der Waals surface area (Å²) in [6.07, 6.45) is 2.39. The molecule has 4 nitrogen and oxygen atoms in total. The highest BCUT2D eigenvalue weighted by molar-refractivity contribution is 5.77. The second-order valence-corrected chi connectivity index (χ2v) is 7.10. The molecule has 0 aliphatic carbocycles. The van der Waals surface area contributed by atoms with E-state index in [2.05, 4.69) is 53.2 Å². The first-order valence-electron chi connectivity index (χ1n) is 8.82. The van der Waals surface area contributed by atoms with Crippen molar-refractivity contribution in [2.24, 2.45) is 0 Å². The molecule has 0 radical (unpaired) electrons. The van der Waals surface area contributed by atoms with E-state index in [1.807, 2.05) is 13.8 Å². The lowest BCUT2D eigenvalue weighted by Crippen LogP contribution is -2.34. The summed E-state index contributed by atoms with van der Waals surface area (Å²) in [4.78, 5) is 14.8. The van der Waals surface area contributed by atoms with Crippen molar-refractivity contribution in [3.05, 3.63) is 52.3 Å². The van der Waals surface area contributed by atoms with Crippen LogP contribution in [0.4, 0.5) is 0 Å². The van der Waals surface area contributed by atoms with Gasteiger partial charge in [0, 0.05) is 30.6 Å². The average molecular weight is 325 g/mol. The lowest BCUT2D eigenvalue weighted by Gasteiger charge is -2.21. The number of likely N-dealkylation sites (tertiary alicyclic amines) is 1. The summed E-state index contributed by atoms with van der Waals surface area (Å²) in [6.45, 7) is 9.19. The van der Waals surface area contributed by atoms with Crippen molar-refractivity contribution in [3.8, 4) is 0 Å². The van der Waals surface area contributed by atoms with Gasteiger partial charge < -0.3 is 4.90 Å². The lowest BCUT2D eigenvalue weighted by molar-refractivity contribution is -0.131. The van der Waals surface area contributed by atoms with Crippen molar-refractivity contribution in [1.82, 2.24) is 15.1 Å². The fourth-order valence-electron chi connectivity index (χ4n) is 3.97. The van der Waals surface area contributed by atoms with Crippen LogP contribution < -0.4 is 0 Å². The Kier molecular flexibility index (Phi) is 4.74. The molecule has 128 valence electrons. The van der Waals surface area contributed by atoms with Crippen LogP contribution >= 0.6 is 0 Å². The predicted octanol–water partition coefficient (Wildman–Crippen LogP) is 3.67. The van der Waals surface area contributed by atoms with Gasteiger partial charge in [-0.3, -0.25) is 9.89 Å². The van der Waals surface area contributed by atoms with E-state index in [-0.39, 0.29) is 5.91 Å². The van der Waals surface area contributed by atoms with Crippen molar-refractivity contribution in [2.75, 3.05) is 6.54 Å². The topological polar surface area (TPSA) is 49.0 Å². The Morgan fingerprint density at radius 2 is 2.04 bits per heavy atom. The zero-order chi connectivity index (χ0) is 17.3. The Morgan fingerprint density at radius 1 is 1.29 bits per heavy atom. The second kappa shape index (κ2) is 6.80. The van der Waals surface area contributed by atoms with E-state index in [4.69, 9.17) is 0 Å². The summed E-state index contributed by atoms with van der Waals surface area (Å²) in [5.74, 6) is 0.723. The van der Waals surface area contributed by atoms with Crippen LogP contribution in [0, 0.1) is 20.8 Å². The van der Waals surface area contributed by atoms with Crippen molar-refractivity contribution in [1.29, 1.82) is 0 Å². The monoisotopic (exact) mass is 325 g/mol. The zero-order valence-electron chi connectivity index (χ0n) is 15.1. The Labute approximate surface area is 144 Å². The molecular formula is C20H27N3O. The number of nitrogens with zero attached hydrogens (tertiary/aromatic N) is 2. The van der Waals surface area contributed by atoms with Crippen LogP contribution in [0.1, 0.15) is 53.8 Å². The van der Waals surface area contributed by atoms with Crippen LogP contribution in [0.3, 0.4) is 0 Å². The summed E-state index contributed by atoms with van der Waals surface area (Å²) >= 11 is 0. The van der Waals surface area contributed by atoms with Crippen LogP contribution in [-0.2, 0) is 11.2 Å². The summed E-state index contributed by atoms with van der Waals surface area (Å²) < 4.78 is 0. The summed E-state index contributed by atoms with van der Waals surface area (Å²) in [5.41, 5.74) is 5.99. The standard InChI is InChI=1S/C20H27N3O/c1-13-7-5-6-8-18(13)17-11-14(2)23(12-17)20(24)10-9-19-15(3)21-22-16(19)4/h5-8,14,17H,9-12H2,1-4H3,(H,21,22). The smallest absolute Gasteiger partial charge is 0.223 e. The molecule has 24 heavy (non-hydrogen) atoms. The third-order valence-corrected chi connectivity index (χ3v) is 5.39. The molecule has 1 amide bonds. The minimum Gasteiger partial charge on any atom is -0.339 e. The summed E-state index contributed by atoms with van der Waals surface area (Å²) in [7, 11) is 0. The highest BCUT2D eigenvalue weighted by Gasteiger charge is 2.33. The molecule has 2 unspecified atom stereocenters. The largest absolute Gasteiger partial charge is 0.339 e. The minimum absolute atomic E-state index is 0.263. The maximum Gasteiger partial charge on any atom is 0.223 e. The molecule has 2 atom stereocenters. The number of amides is 1. The summed E-state index contributed by atoms with van der Waals surface area (Å²) in [6, 6.07) is 8.86. The SMILES string of the molecule is Cc1ccccc1C1CC(C)N(C(=O)CCc2c(C)n[nH]c2C)C1. The van der Waals surface area contributed by atoms with Gasteiger partial charge in [-0.2, -0.15) is 5.10 Å². The minimum atomic E-state index is 0.263. The first-order valence-corrected chi connectivity index (χ1v) is 8.82. The molecule has 1 aromatic heterocycles. The Morgan fingerprint density at radius 3 is 2.71 bits per heavy atom. The Balaban J connectivity index is 1.65. The summed E-state index contributed by atoms with van der Waals surface area (Å²) in [5, 5.41) is 7.22. The van der Waals surface area contributed by atoms with E-state index in [0.717, 1.165) is 30.8 Å². The van der Waals surface area contributed by atoms with Crippen LogP contribution in [-0.4, -0.2) is 33.6 Å². The molecular weight excluding hydrogens is 298 g/mol. The van der Waals surface area contributed by atoms with Gasteiger partial charge in [-0.1, -0.05) is 24.3 Å². The first kappa shape index (κ1) is 16.7. The molecule has 3 rings (SSSR count). The third kappa shape index (κ3) is 3.23. The normalized spacial score (nSPS) is 20.6. The number of carbonyl (C=O) groups excluding carboxylic acids is 1. The molecule has 2 aromatic rings. The fourth-order valence-corrected chi connectivity index (χ4v) is 3.97. The fraction of sp³-hybridized carbons (Fsp3) is 0.500. The lowest BCUT2D eigenvalue weighted by atomic mass is 9.93. The molecule has 0 saturated carbocycles. The number of carbonyl (C=O) groups is 1. The Bertz CT molecular complexity index is 715. The van der Waals surface area contributed by atoms with E-state index >= 15 is 0 Å². The van der Waals surface area contributed by atoms with E-state index < -0.39 is 0 Å². The number of benzene rings is 1. The number of aromatic amines is 1. The van der Waals surface area contributed by atoms with Crippen LogP contribution in [0.15, 0.2) is 24.3 Å². The van der Waals surface area contributed by atoms with Gasteiger partial charge in [-0.15, -0.1) is 0 Å². The molecule has 2 heterocycles. The van der Waals surface area contributed by atoms with Crippen molar-refractivity contribution < 1.29 is 4.79 Å². The zero-order valence-corrected chi connectivity index (χ0v) is 15.1. The van der Waals surface area contributed by atoms with Crippen molar-refractivity contribution >= 4 is 5.91 Å². The van der Waals surface area contributed by atoms with Crippen molar-refractivity contribution in [3.63, 3.8) is 0 Å². The van der Waals surface area contributed by atoms with Gasteiger partial charge >= 0.3 is 0 Å². The molecule has 4 heteroatoms. The Hall–Kier alpha value is -2.10. The third-order valence-electron chi connectivity index (χ3n) is 5.39. The molecule has 1 saturated heterocycles. The molecule has 1 aliphatic heterocycles. The van der Waals surface area contributed by atoms with Gasteiger partial charge in [0.2, 0.25) is 5.91 Å². The number of aryl methyl sites for hydroxylation is 3. The average Bonchev–Trinajstić information content (AvgIpc) is 3.09. The predicted molar refractivity (Wildman–Crippen MR) is 96.1 cm³/mol. The van der Waals surface area contributed by atoms with Gasteiger partial charge in [0.05, 0.1) is 5.69 Å². The van der Waals surface area contributed by atoms with E-state index in [1.165, 1.54) is 16.7 Å². The van der Waals surface area contributed by atoms with Gasteiger partial charge in [0.1, 0.15) is 0 Å². The van der Waals surface area contributed by atoms with Crippen LogP contribution in [0.25, 0.3) is 0 Å². The number of rotatable bonds is 4. The second-order valence-electron chi connectivity index (χ2n) is 7.10. The van der Waals surface area contributed by atoms with Gasteiger partial charge in [-0.25, -0.2) is 0 Å². The highest BCUT2D eigenvalue weighted by atomic mass is 16.2. The molecule has 0 bridgehead atoms. The molecule has 1 aliphatic rings. The van der Waals surface area contributed by atoms with E-state index in [1.54, 1.807) is 0 Å². The quantitative estimate of drug-likeness (QED) is 0.932. The number of nitrogens with one attached hydrogen (secondary N) is 1. The van der Waals surface area contributed by atoms with Gasteiger partial charge in [0.25, 0.3) is 0 Å².